The quantitative estimate of drug-likeness (QED) is 0.446. The summed E-state index contributed by atoms with van der Waals surface area (Å²) in [5, 5.41) is 22.2. The number of hydrogen-bond donors (Lipinski definition) is 3. The van der Waals surface area contributed by atoms with Gasteiger partial charge in [-0.3, -0.25) is 5.43 Å². The van der Waals surface area contributed by atoms with Gasteiger partial charge in [0.25, 0.3) is 0 Å². The van der Waals surface area contributed by atoms with Gasteiger partial charge >= 0.3 is 5.97 Å². The van der Waals surface area contributed by atoms with E-state index in [0.29, 0.717) is 5.69 Å². The zero-order valence-corrected chi connectivity index (χ0v) is 9.95. The number of carbonyl (C=O) groups is 1. The van der Waals surface area contributed by atoms with Gasteiger partial charge in [0, 0.05) is 0 Å². The number of anilines is 1. The summed E-state index contributed by atoms with van der Waals surface area (Å²) < 4.78 is 0. The van der Waals surface area contributed by atoms with Crippen molar-refractivity contribution in [2.24, 2.45) is 5.10 Å². The van der Waals surface area contributed by atoms with Crippen LogP contribution < -0.4 is 5.43 Å². The largest absolute Gasteiger partial charge is 0.507 e. The molecule has 0 heterocycles. The fourth-order valence-corrected chi connectivity index (χ4v) is 1.50. The third-order valence-electron chi connectivity index (χ3n) is 2.43. The predicted molar refractivity (Wildman–Crippen MR) is 72.7 cm³/mol. The van der Waals surface area contributed by atoms with E-state index in [1.165, 1.54) is 12.1 Å². The topological polar surface area (TPSA) is 81.9 Å². The van der Waals surface area contributed by atoms with Gasteiger partial charge in [-0.25, -0.2) is 4.79 Å². The molecule has 0 fully saturated rings. The van der Waals surface area contributed by atoms with Gasteiger partial charge in [0.2, 0.25) is 0 Å². The molecular formula is C14H12N2O3. The van der Waals surface area contributed by atoms with Gasteiger partial charge < -0.3 is 10.2 Å². The van der Waals surface area contributed by atoms with Crippen LogP contribution in [0.4, 0.5) is 5.69 Å². The molecule has 0 aliphatic carbocycles. The van der Waals surface area contributed by atoms with E-state index in [4.69, 9.17) is 5.11 Å². The van der Waals surface area contributed by atoms with E-state index in [1.807, 2.05) is 30.3 Å². The Balaban J connectivity index is 2.10. The maximum Gasteiger partial charge on any atom is 0.339 e. The molecule has 5 nitrogen and oxygen atoms in total. The Kier molecular flexibility index (Phi) is 3.78. The second-order valence-corrected chi connectivity index (χ2v) is 3.82. The average Bonchev–Trinajstić information content (AvgIpc) is 2.41. The highest BCUT2D eigenvalue weighted by molar-refractivity contribution is 5.92. The maximum absolute atomic E-state index is 10.8. The van der Waals surface area contributed by atoms with Crippen LogP contribution in [-0.4, -0.2) is 22.4 Å². The van der Waals surface area contributed by atoms with E-state index in [9.17, 15) is 9.90 Å². The first kappa shape index (κ1) is 12.6. The number of hydrogen-bond acceptors (Lipinski definition) is 4. The summed E-state index contributed by atoms with van der Waals surface area (Å²) in [6, 6.07) is 13.7. The lowest BCUT2D eigenvalue weighted by molar-refractivity contribution is 0.0694. The summed E-state index contributed by atoms with van der Waals surface area (Å²) in [5.41, 5.74) is 3.96. The molecule has 2 rings (SSSR count). The fraction of sp³-hybridized carbons (Fsp3) is 0. The Morgan fingerprint density at radius 3 is 2.58 bits per heavy atom. The lowest BCUT2D eigenvalue weighted by atomic mass is 10.2. The molecule has 0 unspecified atom stereocenters. The SMILES string of the molecule is O=C(O)c1cc(NN=Cc2ccccc2)ccc1O. The lowest BCUT2D eigenvalue weighted by Crippen LogP contribution is -1.98. The minimum atomic E-state index is -1.19. The molecule has 2 aromatic rings. The number of nitrogens with one attached hydrogen (secondary N) is 1. The van der Waals surface area contributed by atoms with Crippen molar-refractivity contribution in [2.45, 2.75) is 0 Å². The van der Waals surface area contributed by atoms with Gasteiger partial charge in [-0.2, -0.15) is 5.10 Å². The van der Waals surface area contributed by atoms with Crippen LogP contribution in [0.25, 0.3) is 0 Å². The minimum Gasteiger partial charge on any atom is -0.507 e. The van der Waals surface area contributed by atoms with Crippen LogP contribution in [0.3, 0.4) is 0 Å². The second-order valence-electron chi connectivity index (χ2n) is 3.82. The van der Waals surface area contributed by atoms with E-state index >= 15 is 0 Å². The van der Waals surface area contributed by atoms with Gasteiger partial charge in [0.15, 0.2) is 0 Å². The average molecular weight is 256 g/mol. The lowest BCUT2D eigenvalue weighted by Gasteiger charge is -2.03. The van der Waals surface area contributed by atoms with Crippen molar-refractivity contribution in [3.8, 4) is 5.75 Å². The molecule has 0 atom stereocenters. The number of hydrazone groups is 1. The van der Waals surface area contributed by atoms with Crippen LogP contribution in [0.5, 0.6) is 5.75 Å². The zero-order chi connectivity index (χ0) is 13.7. The molecule has 0 aliphatic rings. The van der Waals surface area contributed by atoms with Crippen LogP contribution >= 0.6 is 0 Å². The molecule has 5 heteroatoms. The molecule has 3 N–H and O–H groups in total. The van der Waals surface area contributed by atoms with Crippen molar-refractivity contribution >= 4 is 17.9 Å². The smallest absolute Gasteiger partial charge is 0.339 e. The number of benzene rings is 2. The molecular weight excluding hydrogens is 244 g/mol. The van der Waals surface area contributed by atoms with Gasteiger partial charge in [0.05, 0.1) is 11.9 Å². The highest BCUT2D eigenvalue weighted by atomic mass is 16.4. The third-order valence-corrected chi connectivity index (χ3v) is 2.43. The molecule has 0 saturated heterocycles. The second kappa shape index (κ2) is 5.68. The van der Waals surface area contributed by atoms with Gasteiger partial charge in [0.1, 0.15) is 11.3 Å². The monoisotopic (exact) mass is 256 g/mol. The zero-order valence-electron chi connectivity index (χ0n) is 9.95. The van der Waals surface area contributed by atoms with Crippen LogP contribution in [0, 0.1) is 0 Å². The number of phenols is 1. The van der Waals surface area contributed by atoms with Crippen molar-refractivity contribution in [1.29, 1.82) is 0 Å². The summed E-state index contributed by atoms with van der Waals surface area (Å²) in [6.07, 6.45) is 1.62. The Labute approximate surface area is 109 Å². The molecule has 0 spiro atoms. The van der Waals surface area contributed by atoms with E-state index in [2.05, 4.69) is 10.5 Å². The van der Waals surface area contributed by atoms with Crippen LogP contribution in [0.2, 0.25) is 0 Å². The van der Waals surface area contributed by atoms with Crippen LogP contribution in [0.15, 0.2) is 53.6 Å². The van der Waals surface area contributed by atoms with E-state index < -0.39 is 5.97 Å². The highest BCUT2D eigenvalue weighted by Gasteiger charge is 2.09. The fourth-order valence-electron chi connectivity index (χ4n) is 1.50. The predicted octanol–water partition coefficient (Wildman–Crippen LogP) is 2.54. The number of rotatable bonds is 4. The highest BCUT2D eigenvalue weighted by Crippen LogP contribution is 2.21. The maximum atomic E-state index is 10.8. The molecule has 19 heavy (non-hydrogen) atoms. The summed E-state index contributed by atoms with van der Waals surface area (Å²) in [6.45, 7) is 0. The van der Waals surface area contributed by atoms with E-state index in [1.54, 1.807) is 12.3 Å². The van der Waals surface area contributed by atoms with Gasteiger partial charge in [-0.15, -0.1) is 0 Å². The van der Waals surface area contributed by atoms with Crippen LogP contribution in [0.1, 0.15) is 15.9 Å². The van der Waals surface area contributed by atoms with Crippen molar-refractivity contribution in [3.63, 3.8) is 0 Å². The van der Waals surface area contributed by atoms with E-state index in [0.717, 1.165) is 5.56 Å². The summed E-state index contributed by atoms with van der Waals surface area (Å²) in [4.78, 5) is 10.8. The van der Waals surface area contributed by atoms with Crippen molar-refractivity contribution in [1.82, 2.24) is 0 Å². The van der Waals surface area contributed by atoms with E-state index in [-0.39, 0.29) is 11.3 Å². The Hall–Kier alpha value is -2.82. The molecule has 0 aromatic heterocycles. The first-order chi connectivity index (χ1) is 9.16. The molecule has 0 radical (unpaired) electrons. The van der Waals surface area contributed by atoms with Crippen molar-refractivity contribution < 1.29 is 15.0 Å². The molecule has 0 aliphatic heterocycles. The summed E-state index contributed by atoms with van der Waals surface area (Å²) in [5.74, 6) is -1.46. The van der Waals surface area contributed by atoms with Crippen molar-refractivity contribution in [3.05, 3.63) is 59.7 Å². The molecule has 96 valence electrons. The summed E-state index contributed by atoms with van der Waals surface area (Å²) in [7, 11) is 0. The van der Waals surface area contributed by atoms with Gasteiger partial charge in [-0.1, -0.05) is 30.3 Å². The third kappa shape index (κ3) is 3.32. The number of aromatic hydroxyl groups is 1. The molecule has 2 aromatic carbocycles. The normalized spacial score (nSPS) is 10.5. The molecule has 0 saturated carbocycles. The number of carboxylic acid groups (broad SMARTS) is 1. The first-order valence-electron chi connectivity index (χ1n) is 5.57. The Bertz CT molecular complexity index is 609. The first-order valence-corrected chi connectivity index (χ1v) is 5.57. The molecule has 0 bridgehead atoms. The number of nitrogens with zero attached hydrogens (tertiary/aromatic N) is 1. The Morgan fingerprint density at radius 1 is 1.16 bits per heavy atom. The van der Waals surface area contributed by atoms with Crippen molar-refractivity contribution in [2.75, 3.05) is 5.43 Å². The Morgan fingerprint density at radius 2 is 1.89 bits per heavy atom. The summed E-state index contributed by atoms with van der Waals surface area (Å²) >= 11 is 0. The standard InChI is InChI=1S/C14H12N2O3/c17-13-7-6-11(8-12(13)14(18)19)16-15-9-10-4-2-1-3-5-10/h1-9,16-17H,(H,18,19). The van der Waals surface area contributed by atoms with Crippen LogP contribution in [-0.2, 0) is 0 Å². The van der Waals surface area contributed by atoms with Gasteiger partial charge in [-0.05, 0) is 23.8 Å². The number of aromatic carboxylic acids is 1. The molecule has 0 amide bonds. The minimum absolute atomic E-state index is 0.167. The number of carboxylic acids is 1.